The minimum Gasteiger partial charge on any atom is -0.380 e. The van der Waals surface area contributed by atoms with Crippen LogP contribution < -0.4 is 4.90 Å². The van der Waals surface area contributed by atoms with E-state index in [9.17, 15) is 4.79 Å². The lowest BCUT2D eigenvalue weighted by molar-refractivity contribution is 0.0958. The Morgan fingerprint density at radius 1 is 1.25 bits per heavy atom. The molecule has 0 bridgehead atoms. The molecule has 0 aliphatic rings. The number of imidazole rings is 1. The quantitative estimate of drug-likeness (QED) is 0.457. The number of amides is 1. The summed E-state index contributed by atoms with van der Waals surface area (Å²) in [6.07, 6.45) is 8.87. The molecule has 3 rings (SSSR count). The van der Waals surface area contributed by atoms with Crippen LogP contribution in [-0.4, -0.2) is 40.2 Å². The second-order valence-corrected chi connectivity index (χ2v) is 7.19. The van der Waals surface area contributed by atoms with Crippen molar-refractivity contribution in [3.8, 4) is 5.82 Å². The molecule has 0 atom stereocenters. The van der Waals surface area contributed by atoms with E-state index in [-0.39, 0.29) is 5.91 Å². The second kappa shape index (κ2) is 10.1. The minimum absolute atomic E-state index is 0.109. The number of benzene rings is 1. The number of halogens is 1. The molecule has 0 N–H and O–H groups in total. The summed E-state index contributed by atoms with van der Waals surface area (Å²) in [7, 11) is 0. The molecule has 6 nitrogen and oxygen atoms in total. The standard InChI is InChI=1S/C21H23BrN4O2/c1-2-3-12-28-13-11-26(19-6-4-5-18(22)14-19)21(27)17-7-8-20(24-15-17)25-10-9-23-16-25/h4-10,14-16H,2-3,11-13H2,1H3. The zero-order valence-corrected chi connectivity index (χ0v) is 17.4. The van der Waals surface area contributed by atoms with Crippen LogP contribution in [-0.2, 0) is 4.74 Å². The summed E-state index contributed by atoms with van der Waals surface area (Å²) in [4.78, 5) is 23.3. The summed E-state index contributed by atoms with van der Waals surface area (Å²) in [6.45, 7) is 3.79. The Bertz CT molecular complexity index is 882. The number of ether oxygens (including phenoxy) is 1. The van der Waals surface area contributed by atoms with Crippen molar-refractivity contribution in [2.75, 3.05) is 24.7 Å². The number of pyridine rings is 1. The average Bonchev–Trinajstić information content (AvgIpc) is 3.25. The summed E-state index contributed by atoms with van der Waals surface area (Å²) < 4.78 is 8.39. The molecule has 7 heteroatoms. The van der Waals surface area contributed by atoms with Crippen molar-refractivity contribution in [2.24, 2.45) is 0 Å². The molecule has 0 aliphatic carbocycles. The number of hydrogen-bond donors (Lipinski definition) is 0. The summed E-state index contributed by atoms with van der Waals surface area (Å²) in [6, 6.07) is 11.3. The molecule has 1 aromatic carbocycles. The number of rotatable bonds is 9. The van der Waals surface area contributed by atoms with E-state index in [1.807, 2.05) is 36.5 Å². The summed E-state index contributed by atoms with van der Waals surface area (Å²) in [5.41, 5.74) is 1.34. The highest BCUT2D eigenvalue weighted by Crippen LogP contribution is 2.22. The molecule has 2 heterocycles. The van der Waals surface area contributed by atoms with Gasteiger partial charge in [0, 0.05) is 41.9 Å². The summed E-state index contributed by atoms with van der Waals surface area (Å²) in [5, 5.41) is 0. The van der Waals surface area contributed by atoms with Crippen LogP contribution in [0.1, 0.15) is 30.1 Å². The van der Waals surface area contributed by atoms with Crippen LogP contribution in [0.5, 0.6) is 0 Å². The van der Waals surface area contributed by atoms with Crippen LogP contribution >= 0.6 is 15.9 Å². The Morgan fingerprint density at radius 2 is 2.14 bits per heavy atom. The largest absolute Gasteiger partial charge is 0.380 e. The predicted molar refractivity (Wildman–Crippen MR) is 113 cm³/mol. The molecule has 0 aliphatic heterocycles. The molecular formula is C21H23BrN4O2. The molecular weight excluding hydrogens is 420 g/mol. The van der Waals surface area contributed by atoms with Gasteiger partial charge < -0.3 is 9.64 Å². The van der Waals surface area contributed by atoms with Crippen molar-refractivity contribution in [2.45, 2.75) is 19.8 Å². The zero-order valence-electron chi connectivity index (χ0n) is 15.8. The normalized spacial score (nSPS) is 10.8. The number of nitrogens with zero attached hydrogens (tertiary/aromatic N) is 4. The molecule has 0 spiro atoms. The van der Waals surface area contributed by atoms with E-state index in [1.54, 1.807) is 34.3 Å². The fraction of sp³-hybridized carbons (Fsp3) is 0.286. The second-order valence-electron chi connectivity index (χ2n) is 6.28. The van der Waals surface area contributed by atoms with E-state index >= 15 is 0 Å². The Labute approximate surface area is 173 Å². The average molecular weight is 443 g/mol. The Morgan fingerprint density at radius 3 is 2.82 bits per heavy atom. The molecule has 146 valence electrons. The fourth-order valence-electron chi connectivity index (χ4n) is 2.71. The topological polar surface area (TPSA) is 60.2 Å². The Balaban J connectivity index is 1.77. The van der Waals surface area contributed by atoms with Crippen LogP contribution in [0.25, 0.3) is 5.82 Å². The number of unbranched alkanes of at least 4 members (excludes halogenated alkanes) is 1. The SMILES string of the molecule is CCCCOCCN(C(=O)c1ccc(-n2ccnc2)nc1)c1cccc(Br)c1. The number of carbonyl (C=O) groups excluding carboxylic acids is 1. The van der Waals surface area contributed by atoms with Gasteiger partial charge in [0.2, 0.25) is 0 Å². The van der Waals surface area contributed by atoms with Crippen molar-refractivity contribution in [1.82, 2.24) is 14.5 Å². The smallest absolute Gasteiger partial charge is 0.259 e. The van der Waals surface area contributed by atoms with Crippen LogP contribution in [0, 0.1) is 0 Å². The molecule has 2 aromatic heterocycles. The molecule has 0 saturated carbocycles. The first kappa shape index (κ1) is 20.2. The maximum Gasteiger partial charge on any atom is 0.259 e. The van der Waals surface area contributed by atoms with E-state index in [0.717, 1.165) is 23.0 Å². The Hall–Kier alpha value is -2.51. The van der Waals surface area contributed by atoms with Gasteiger partial charge >= 0.3 is 0 Å². The van der Waals surface area contributed by atoms with Gasteiger partial charge in [-0.2, -0.15) is 0 Å². The van der Waals surface area contributed by atoms with Crippen LogP contribution in [0.4, 0.5) is 5.69 Å². The van der Waals surface area contributed by atoms with Gasteiger partial charge in [0.25, 0.3) is 5.91 Å². The molecule has 28 heavy (non-hydrogen) atoms. The van der Waals surface area contributed by atoms with Gasteiger partial charge in [0.1, 0.15) is 12.1 Å². The minimum atomic E-state index is -0.109. The van der Waals surface area contributed by atoms with Gasteiger partial charge in [0.15, 0.2) is 0 Å². The number of anilines is 1. The molecule has 0 saturated heterocycles. The van der Waals surface area contributed by atoms with Crippen LogP contribution in [0.15, 0.2) is 65.8 Å². The Kier molecular flexibility index (Phi) is 7.33. The van der Waals surface area contributed by atoms with Crippen LogP contribution in [0.3, 0.4) is 0 Å². The summed E-state index contributed by atoms with van der Waals surface area (Å²) in [5.74, 6) is 0.604. The zero-order chi connectivity index (χ0) is 19.8. The number of carbonyl (C=O) groups is 1. The fourth-order valence-corrected chi connectivity index (χ4v) is 3.10. The first-order chi connectivity index (χ1) is 13.7. The van der Waals surface area contributed by atoms with E-state index in [2.05, 4.69) is 32.8 Å². The monoisotopic (exact) mass is 442 g/mol. The molecule has 0 radical (unpaired) electrons. The van der Waals surface area contributed by atoms with Crippen molar-refractivity contribution in [1.29, 1.82) is 0 Å². The maximum absolute atomic E-state index is 13.2. The maximum atomic E-state index is 13.2. The van der Waals surface area contributed by atoms with Crippen molar-refractivity contribution >= 4 is 27.5 Å². The molecule has 3 aromatic rings. The lowest BCUT2D eigenvalue weighted by Gasteiger charge is -2.23. The first-order valence-electron chi connectivity index (χ1n) is 9.28. The van der Waals surface area contributed by atoms with Gasteiger partial charge in [-0.15, -0.1) is 0 Å². The highest BCUT2D eigenvalue weighted by molar-refractivity contribution is 9.10. The van der Waals surface area contributed by atoms with E-state index in [4.69, 9.17) is 4.74 Å². The molecule has 1 amide bonds. The van der Waals surface area contributed by atoms with Gasteiger partial charge in [-0.3, -0.25) is 9.36 Å². The van der Waals surface area contributed by atoms with Gasteiger partial charge in [-0.1, -0.05) is 35.3 Å². The van der Waals surface area contributed by atoms with Gasteiger partial charge in [-0.25, -0.2) is 9.97 Å². The van der Waals surface area contributed by atoms with Gasteiger partial charge in [-0.05, 0) is 36.8 Å². The van der Waals surface area contributed by atoms with Crippen molar-refractivity contribution in [3.05, 3.63) is 71.4 Å². The van der Waals surface area contributed by atoms with E-state index in [1.165, 1.54) is 0 Å². The number of hydrogen-bond acceptors (Lipinski definition) is 4. The van der Waals surface area contributed by atoms with Crippen molar-refractivity contribution < 1.29 is 9.53 Å². The lowest BCUT2D eigenvalue weighted by atomic mass is 10.2. The van der Waals surface area contributed by atoms with Gasteiger partial charge in [0.05, 0.1) is 12.2 Å². The first-order valence-corrected chi connectivity index (χ1v) is 10.1. The van der Waals surface area contributed by atoms with E-state index in [0.29, 0.717) is 31.1 Å². The highest BCUT2D eigenvalue weighted by Gasteiger charge is 2.18. The summed E-state index contributed by atoms with van der Waals surface area (Å²) >= 11 is 3.48. The predicted octanol–water partition coefficient (Wildman–Crippen LogP) is 4.49. The lowest BCUT2D eigenvalue weighted by Crippen LogP contribution is -2.34. The molecule has 0 fully saturated rings. The van der Waals surface area contributed by atoms with E-state index < -0.39 is 0 Å². The third-order valence-corrected chi connectivity index (χ3v) is 4.72. The third-order valence-electron chi connectivity index (χ3n) is 4.23. The number of aromatic nitrogens is 3. The van der Waals surface area contributed by atoms with Crippen molar-refractivity contribution in [3.63, 3.8) is 0 Å². The highest BCUT2D eigenvalue weighted by atomic mass is 79.9. The van der Waals surface area contributed by atoms with Crippen LogP contribution in [0.2, 0.25) is 0 Å². The molecule has 0 unspecified atom stereocenters. The third kappa shape index (κ3) is 5.27.